The third-order valence-corrected chi connectivity index (χ3v) is 15.2. The molecule has 0 fully saturated rings. The largest absolute Gasteiger partial charge is 0.462 e. The van der Waals surface area contributed by atoms with Gasteiger partial charge in [-0.05, 0) is 89.9 Å². The maximum Gasteiger partial charge on any atom is 0.306 e. The number of rotatable bonds is 63. The predicted molar refractivity (Wildman–Crippen MR) is 344 cm³/mol. The number of ether oxygens (including phenoxy) is 3. The van der Waals surface area contributed by atoms with E-state index in [4.69, 9.17) is 14.2 Å². The van der Waals surface area contributed by atoms with E-state index in [0.29, 0.717) is 19.3 Å². The Morgan fingerprint density at radius 3 is 0.785 bits per heavy atom. The van der Waals surface area contributed by atoms with Gasteiger partial charge in [0.25, 0.3) is 0 Å². The van der Waals surface area contributed by atoms with Crippen LogP contribution in [0.4, 0.5) is 0 Å². The van der Waals surface area contributed by atoms with Crippen LogP contribution in [0.15, 0.2) is 72.9 Å². The molecular weight excluding hydrogens is 973 g/mol. The first-order valence-electron chi connectivity index (χ1n) is 34.4. The van der Waals surface area contributed by atoms with Crippen LogP contribution < -0.4 is 0 Å². The highest BCUT2D eigenvalue weighted by molar-refractivity contribution is 5.71. The van der Waals surface area contributed by atoms with Crippen LogP contribution in [0.1, 0.15) is 355 Å². The highest BCUT2D eigenvalue weighted by Crippen LogP contribution is 2.17. The van der Waals surface area contributed by atoms with E-state index < -0.39 is 6.10 Å². The van der Waals surface area contributed by atoms with E-state index in [9.17, 15) is 14.4 Å². The summed E-state index contributed by atoms with van der Waals surface area (Å²) >= 11 is 0. The van der Waals surface area contributed by atoms with Crippen molar-refractivity contribution < 1.29 is 28.6 Å². The smallest absolute Gasteiger partial charge is 0.306 e. The van der Waals surface area contributed by atoms with Crippen molar-refractivity contribution in [3.63, 3.8) is 0 Å². The second-order valence-electron chi connectivity index (χ2n) is 23.1. The lowest BCUT2D eigenvalue weighted by molar-refractivity contribution is -0.167. The van der Waals surface area contributed by atoms with Gasteiger partial charge >= 0.3 is 17.9 Å². The number of hydrogen-bond donors (Lipinski definition) is 0. The Morgan fingerprint density at radius 2 is 0.494 bits per heavy atom. The summed E-state index contributed by atoms with van der Waals surface area (Å²) in [5.74, 6) is -0.857. The monoisotopic (exact) mass is 1100 g/mol. The summed E-state index contributed by atoms with van der Waals surface area (Å²) in [4.78, 5) is 38.4. The van der Waals surface area contributed by atoms with Crippen LogP contribution in [0.2, 0.25) is 0 Å². The molecule has 458 valence electrons. The number of hydrogen-bond acceptors (Lipinski definition) is 6. The topological polar surface area (TPSA) is 78.9 Å². The minimum Gasteiger partial charge on any atom is -0.462 e. The maximum atomic E-state index is 12.9. The molecule has 1 atom stereocenters. The Balaban J connectivity index is 4.25. The summed E-state index contributed by atoms with van der Waals surface area (Å²) in [7, 11) is 0. The molecule has 0 aliphatic carbocycles. The molecule has 0 aromatic heterocycles. The third kappa shape index (κ3) is 65.5. The van der Waals surface area contributed by atoms with Gasteiger partial charge in [-0.1, -0.05) is 318 Å². The molecular formula is C73H130O6. The molecule has 79 heavy (non-hydrogen) atoms. The first-order chi connectivity index (χ1) is 39.0. The molecule has 6 heteroatoms. The molecule has 0 bridgehead atoms. The van der Waals surface area contributed by atoms with Crippen LogP contribution in [0.25, 0.3) is 0 Å². The van der Waals surface area contributed by atoms with Crippen molar-refractivity contribution in [2.45, 2.75) is 361 Å². The quantitative estimate of drug-likeness (QED) is 0.0261. The van der Waals surface area contributed by atoms with Crippen molar-refractivity contribution in [1.82, 2.24) is 0 Å². The first kappa shape index (κ1) is 75.8. The van der Waals surface area contributed by atoms with Gasteiger partial charge in [0.05, 0.1) is 0 Å². The molecule has 0 saturated heterocycles. The Morgan fingerprint density at radius 1 is 0.266 bits per heavy atom. The molecule has 0 saturated carbocycles. The molecule has 0 spiro atoms. The standard InChI is InChI=1S/C73H130O6/c1-4-7-10-13-16-19-22-25-28-30-32-33-34-35-36-37-38-39-40-41-42-44-45-48-51-54-57-60-63-66-72(75)78-69-70(68-77-71(74)65-62-59-56-53-50-47-27-24-21-18-15-12-9-6-3)79-73(76)67-64-61-58-55-52-49-46-43-31-29-26-23-20-17-14-11-8-5-2/h7,10,16,19,25,28-29,31-33,35-36,70H,4-6,8-9,11-15,17-18,20-24,26-27,30,34,37-69H2,1-3H3/b10-7-,19-16-,28-25-,31-29-,33-32-,36-35-. The third-order valence-electron chi connectivity index (χ3n) is 15.2. The summed E-state index contributed by atoms with van der Waals surface area (Å²) in [5.41, 5.74) is 0. The summed E-state index contributed by atoms with van der Waals surface area (Å²) < 4.78 is 17.0. The van der Waals surface area contributed by atoms with E-state index in [-0.39, 0.29) is 31.1 Å². The van der Waals surface area contributed by atoms with E-state index in [1.54, 1.807) is 0 Å². The fourth-order valence-electron chi connectivity index (χ4n) is 10.1. The van der Waals surface area contributed by atoms with Crippen molar-refractivity contribution in [2.24, 2.45) is 0 Å². The maximum absolute atomic E-state index is 12.9. The van der Waals surface area contributed by atoms with Crippen LogP contribution >= 0.6 is 0 Å². The summed E-state index contributed by atoms with van der Waals surface area (Å²) in [6, 6.07) is 0. The minimum absolute atomic E-state index is 0.0722. The van der Waals surface area contributed by atoms with Crippen LogP contribution in [-0.4, -0.2) is 37.2 Å². The molecule has 6 nitrogen and oxygen atoms in total. The number of allylic oxidation sites excluding steroid dienone is 12. The second kappa shape index (κ2) is 67.4. The van der Waals surface area contributed by atoms with Crippen molar-refractivity contribution in [1.29, 1.82) is 0 Å². The van der Waals surface area contributed by atoms with Crippen LogP contribution in [-0.2, 0) is 28.6 Å². The lowest BCUT2D eigenvalue weighted by Crippen LogP contribution is -2.30. The van der Waals surface area contributed by atoms with Crippen LogP contribution in [0.5, 0.6) is 0 Å². The van der Waals surface area contributed by atoms with Crippen LogP contribution in [0, 0.1) is 0 Å². The molecule has 0 heterocycles. The van der Waals surface area contributed by atoms with E-state index in [0.717, 1.165) is 89.9 Å². The van der Waals surface area contributed by atoms with Crippen molar-refractivity contribution in [3.8, 4) is 0 Å². The van der Waals surface area contributed by atoms with Gasteiger partial charge in [0, 0.05) is 19.3 Å². The normalized spacial score (nSPS) is 12.5. The summed E-state index contributed by atoms with van der Waals surface area (Å²) in [6.07, 6.45) is 87.8. The second-order valence-corrected chi connectivity index (χ2v) is 23.1. The van der Waals surface area contributed by atoms with Gasteiger partial charge < -0.3 is 14.2 Å². The highest BCUT2D eigenvalue weighted by Gasteiger charge is 2.19. The Bertz CT molecular complexity index is 1450. The molecule has 0 aliphatic heterocycles. The molecule has 0 N–H and O–H groups in total. The fourth-order valence-corrected chi connectivity index (χ4v) is 10.1. The van der Waals surface area contributed by atoms with E-state index in [1.807, 2.05) is 0 Å². The molecule has 0 amide bonds. The molecule has 0 rings (SSSR count). The highest BCUT2D eigenvalue weighted by atomic mass is 16.6. The van der Waals surface area contributed by atoms with Crippen molar-refractivity contribution in [3.05, 3.63) is 72.9 Å². The van der Waals surface area contributed by atoms with Crippen LogP contribution in [0.3, 0.4) is 0 Å². The number of carbonyl (C=O) groups excluding carboxylic acids is 3. The molecule has 1 unspecified atom stereocenters. The lowest BCUT2D eigenvalue weighted by Gasteiger charge is -2.18. The van der Waals surface area contributed by atoms with Gasteiger partial charge in [-0.15, -0.1) is 0 Å². The summed E-state index contributed by atoms with van der Waals surface area (Å²) in [5, 5.41) is 0. The van der Waals surface area contributed by atoms with E-state index in [2.05, 4.69) is 93.7 Å². The van der Waals surface area contributed by atoms with Crippen molar-refractivity contribution >= 4 is 17.9 Å². The van der Waals surface area contributed by atoms with Gasteiger partial charge in [-0.2, -0.15) is 0 Å². The molecule has 0 aliphatic rings. The number of unbranched alkanes of at least 4 members (excludes halogenated alkanes) is 40. The van der Waals surface area contributed by atoms with Gasteiger partial charge in [0.1, 0.15) is 13.2 Å². The fraction of sp³-hybridized carbons (Fsp3) is 0.795. The van der Waals surface area contributed by atoms with Gasteiger partial charge in [-0.3, -0.25) is 14.4 Å². The van der Waals surface area contributed by atoms with E-state index >= 15 is 0 Å². The molecule has 0 radical (unpaired) electrons. The van der Waals surface area contributed by atoms with E-state index in [1.165, 1.54) is 225 Å². The number of carbonyl (C=O) groups is 3. The zero-order valence-corrected chi connectivity index (χ0v) is 52.6. The Hall–Kier alpha value is -3.15. The van der Waals surface area contributed by atoms with Gasteiger partial charge in [0.2, 0.25) is 0 Å². The SMILES string of the molecule is CC/C=C\C/C=C\C/C=C\C/C=C\C/C=C\CCCCCCCCCCCCCCCC(=O)OCC(COC(=O)CCCCCCCCCCCCCCCC)OC(=O)CCCCCCCCC/C=C\CCCCCCCCC. The lowest BCUT2D eigenvalue weighted by atomic mass is 10.0. The van der Waals surface area contributed by atoms with Gasteiger partial charge in [0.15, 0.2) is 6.10 Å². The average molecular weight is 1100 g/mol. The predicted octanol–water partition coefficient (Wildman–Crippen LogP) is 23.7. The Kier molecular flexibility index (Phi) is 64.7. The zero-order valence-electron chi connectivity index (χ0n) is 52.6. The summed E-state index contributed by atoms with van der Waals surface area (Å²) in [6.45, 7) is 6.57. The minimum atomic E-state index is -0.776. The zero-order chi connectivity index (χ0) is 57.1. The molecule has 0 aromatic rings. The Labute approximate surface area is 491 Å². The van der Waals surface area contributed by atoms with Crippen molar-refractivity contribution in [2.75, 3.05) is 13.2 Å². The first-order valence-corrected chi connectivity index (χ1v) is 34.4. The van der Waals surface area contributed by atoms with Gasteiger partial charge in [-0.25, -0.2) is 0 Å². The average Bonchev–Trinajstić information content (AvgIpc) is 3.45. The molecule has 0 aromatic carbocycles. The number of esters is 3.